The maximum absolute atomic E-state index is 12.9. The maximum atomic E-state index is 12.9. The molecule has 7 nitrogen and oxygen atoms in total. The van der Waals surface area contributed by atoms with Crippen LogP contribution in [0.25, 0.3) is 10.9 Å². The van der Waals surface area contributed by atoms with Crippen molar-refractivity contribution in [2.75, 3.05) is 21.3 Å². The molecule has 146 valence electrons. The number of aryl methyl sites for hydroxylation is 1. The monoisotopic (exact) mass is 401 g/mol. The Hall–Kier alpha value is -3.06. The Morgan fingerprint density at radius 3 is 2.54 bits per heavy atom. The first-order chi connectivity index (χ1) is 13.3. The minimum atomic E-state index is -0.475. The largest absolute Gasteiger partial charge is 0.493 e. The van der Waals surface area contributed by atoms with Gasteiger partial charge in [0.15, 0.2) is 17.2 Å². The molecule has 0 atom stereocenters. The highest BCUT2D eigenvalue weighted by Crippen LogP contribution is 2.28. The summed E-state index contributed by atoms with van der Waals surface area (Å²) >= 11 is 6.01. The molecular formula is C20H20ClN3O4. The Kier molecular flexibility index (Phi) is 5.56. The van der Waals surface area contributed by atoms with Gasteiger partial charge in [-0.3, -0.25) is 14.3 Å². The second kappa shape index (κ2) is 7.90. The zero-order chi connectivity index (χ0) is 20.4. The van der Waals surface area contributed by atoms with Crippen molar-refractivity contribution in [1.29, 1.82) is 0 Å². The van der Waals surface area contributed by atoms with Gasteiger partial charge in [-0.05, 0) is 35.9 Å². The molecule has 0 fully saturated rings. The molecule has 0 aliphatic heterocycles. The second-order valence-electron chi connectivity index (χ2n) is 6.31. The minimum Gasteiger partial charge on any atom is -0.493 e. The standard InChI is InChI=1S/C20H20ClN3O4/c1-23(11-12-5-8-16(27-3)17(9-12)28-4)20(26)18-19(25)14-10-13(21)6-7-15(14)24(2)22-18/h5-10H,11H2,1-4H3. The minimum absolute atomic E-state index is 0.153. The highest BCUT2D eigenvalue weighted by Gasteiger charge is 2.21. The predicted octanol–water partition coefficient (Wildman–Crippen LogP) is 2.88. The lowest BCUT2D eigenvalue weighted by molar-refractivity contribution is 0.0775. The van der Waals surface area contributed by atoms with Crippen LogP contribution in [0.4, 0.5) is 0 Å². The van der Waals surface area contributed by atoms with Crippen LogP contribution < -0.4 is 14.9 Å². The van der Waals surface area contributed by atoms with Crippen LogP contribution >= 0.6 is 11.6 Å². The molecule has 0 aliphatic rings. The summed E-state index contributed by atoms with van der Waals surface area (Å²) in [6.45, 7) is 0.275. The van der Waals surface area contributed by atoms with Crippen molar-refractivity contribution in [2.45, 2.75) is 6.54 Å². The molecule has 0 saturated heterocycles. The third-order valence-electron chi connectivity index (χ3n) is 4.43. The van der Waals surface area contributed by atoms with Crippen LogP contribution in [-0.4, -0.2) is 41.9 Å². The average molecular weight is 402 g/mol. The average Bonchev–Trinajstić information content (AvgIpc) is 2.69. The summed E-state index contributed by atoms with van der Waals surface area (Å²) in [6, 6.07) is 10.3. The van der Waals surface area contributed by atoms with Gasteiger partial charge in [-0.25, -0.2) is 0 Å². The number of benzene rings is 2. The number of aromatic nitrogens is 2. The van der Waals surface area contributed by atoms with E-state index in [2.05, 4.69) is 5.10 Å². The smallest absolute Gasteiger partial charge is 0.278 e. The first kappa shape index (κ1) is 19.7. The van der Waals surface area contributed by atoms with Gasteiger partial charge in [-0.1, -0.05) is 17.7 Å². The van der Waals surface area contributed by atoms with Gasteiger partial charge in [-0.2, -0.15) is 5.10 Å². The van der Waals surface area contributed by atoms with Gasteiger partial charge in [0, 0.05) is 25.7 Å². The summed E-state index contributed by atoms with van der Waals surface area (Å²) in [5, 5.41) is 4.96. The topological polar surface area (TPSA) is 73.7 Å². The van der Waals surface area contributed by atoms with Crippen LogP contribution in [0.5, 0.6) is 11.5 Å². The van der Waals surface area contributed by atoms with Crippen molar-refractivity contribution < 1.29 is 14.3 Å². The molecule has 0 radical (unpaired) electrons. The fourth-order valence-electron chi connectivity index (χ4n) is 2.99. The molecule has 0 spiro atoms. The first-order valence-electron chi connectivity index (χ1n) is 8.48. The summed E-state index contributed by atoms with van der Waals surface area (Å²) in [6.07, 6.45) is 0. The number of fused-ring (bicyclic) bond motifs is 1. The van der Waals surface area contributed by atoms with E-state index in [4.69, 9.17) is 21.1 Å². The number of rotatable bonds is 5. The van der Waals surface area contributed by atoms with Crippen molar-refractivity contribution in [3.05, 3.63) is 62.9 Å². The number of hydrogen-bond acceptors (Lipinski definition) is 5. The molecule has 0 N–H and O–H groups in total. The molecule has 28 heavy (non-hydrogen) atoms. The van der Waals surface area contributed by atoms with E-state index in [-0.39, 0.29) is 12.2 Å². The first-order valence-corrected chi connectivity index (χ1v) is 8.86. The molecule has 0 aliphatic carbocycles. The van der Waals surface area contributed by atoms with Crippen molar-refractivity contribution >= 4 is 28.4 Å². The van der Waals surface area contributed by atoms with Crippen LogP contribution in [-0.2, 0) is 13.6 Å². The highest BCUT2D eigenvalue weighted by atomic mass is 35.5. The van der Waals surface area contributed by atoms with E-state index in [1.54, 1.807) is 58.6 Å². The third kappa shape index (κ3) is 3.66. The molecule has 3 rings (SSSR count). The number of carbonyl (C=O) groups is 1. The summed E-state index contributed by atoms with van der Waals surface area (Å²) < 4.78 is 12.0. The van der Waals surface area contributed by atoms with Crippen molar-refractivity contribution in [3.63, 3.8) is 0 Å². The van der Waals surface area contributed by atoms with Crippen molar-refractivity contribution in [2.24, 2.45) is 7.05 Å². The van der Waals surface area contributed by atoms with Gasteiger partial charge in [-0.15, -0.1) is 0 Å². The van der Waals surface area contributed by atoms with E-state index in [1.807, 2.05) is 6.07 Å². The number of hydrogen-bond donors (Lipinski definition) is 0. The summed E-state index contributed by atoms with van der Waals surface area (Å²) in [5.41, 5.74) is 0.836. The lowest BCUT2D eigenvalue weighted by atomic mass is 10.1. The van der Waals surface area contributed by atoms with E-state index in [0.29, 0.717) is 27.4 Å². The van der Waals surface area contributed by atoms with Crippen molar-refractivity contribution in [1.82, 2.24) is 14.7 Å². The van der Waals surface area contributed by atoms with E-state index >= 15 is 0 Å². The zero-order valence-corrected chi connectivity index (χ0v) is 16.8. The highest BCUT2D eigenvalue weighted by molar-refractivity contribution is 6.31. The number of nitrogens with zero attached hydrogens (tertiary/aromatic N) is 3. The van der Waals surface area contributed by atoms with Crippen LogP contribution in [0.3, 0.4) is 0 Å². The number of carbonyl (C=O) groups excluding carboxylic acids is 1. The molecule has 0 saturated carbocycles. The molecular weight excluding hydrogens is 382 g/mol. The maximum Gasteiger partial charge on any atom is 0.278 e. The van der Waals surface area contributed by atoms with Crippen LogP contribution in [0, 0.1) is 0 Å². The number of methoxy groups -OCH3 is 2. The number of ether oxygens (including phenoxy) is 2. The lowest BCUT2D eigenvalue weighted by Crippen LogP contribution is -2.33. The summed E-state index contributed by atoms with van der Waals surface area (Å²) in [7, 11) is 6.40. The Balaban J connectivity index is 1.94. The Morgan fingerprint density at radius 1 is 1.14 bits per heavy atom. The predicted molar refractivity (Wildman–Crippen MR) is 107 cm³/mol. The summed E-state index contributed by atoms with van der Waals surface area (Å²) in [5.74, 6) is 0.690. The molecule has 1 aromatic heterocycles. The van der Waals surface area contributed by atoms with Gasteiger partial charge >= 0.3 is 0 Å². The van der Waals surface area contributed by atoms with Gasteiger partial charge in [0.05, 0.1) is 25.1 Å². The van der Waals surface area contributed by atoms with Crippen LogP contribution in [0.15, 0.2) is 41.2 Å². The molecule has 1 heterocycles. The van der Waals surface area contributed by atoms with Gasteiger partial charge in [0.2, 0.25) is 5.43 Å². The van der Waals surface area contributed by atoms with E-state index in [1.165, 1.54) is 9.58 Å². The third-order valence-corrected chi connectivity index (χ3v) is 4.67. The molecule has 8 heteroatoms. The molecule has 1 amide bonds. The van der Waals surface area contributed by atoms with Gasteiger partial charge in [0.1, 0.15) is 0 Å². The molecule has 2 aromatic carbocycles. The normalized spacial score (nSPS) is 10.8. The number of amides is 1. The van der Waals surface area contributed by atoms with Gasteiger partial charge in [0.25, 0.3) is 5.91 Å². The van der Waals surface area contributed by atoms with Gasteiger partial charge < -0.3 is 14.4 Å². The van der Waals surface area contributed by atoms with E-state index < -0.39 is 11.3 Å². The molecule has 0 bridgehead atoms. The fourth-order valence-corrected chi connectivity index (χ4v) is 3.17. The second-order valence-corrected chi connectivity index (χ2v) is 6.75. The molecule has 0 unspecified atom stereocenters. The number of halogens is 1. The fraction of sp³-hybridized carbons (Fsp3) is 0.250. The van der Waals surface area contributed by atoms with Crippen molar-refractivity contribution in [3.8, 4) is 11.5 Å². The lowest BCUT2D eigenvalue weighted by Gasteiger charge is -2.18. The quantitative estimate of drug-likeness (QED) is 0.657. The molecule has 3 aromatic rings. The summed E-state index contributed by atoms with van der Waals surface area (Å²) in [4.78, 5) is 27.1. The van der Waals surface area contributed by atoms with E-state index in [0.717, 1.165) is 5.56 Å². The Bertz CT molecular complexity index is 1110. The Labute approximate surface area is 167 Å². The van der Waals surface area contributed by atoms with E-state index in [9.17, 15) is 9.59 Å². The zero-order valence-electron chi connectivity index (χ0n) is 16.0. The SMILES string of the molecule is COc1ccc(CN(C)C(=O)c2nn(C)c3ccc(Cl)cc3c2=O)cc1OC. The Morgan fingerprint density at radius 2 is 1.86 bits per heavy atom. The van der Waals surface area contributed by atoms with Crippen LogP contribution in [0.1, 0.15) is 16.1 Å². The van der Waals surface area contributed by atoms with Crippen LogP contribution in [0.2, 0.25) is 5.02 Å².